The van der Waals surface area contributed by atoms with E-state index in [-0.39, 0.29) is 31.0 Å². The molecule has 2 saturated heterocycles. The number of aryl methyl sites for hydroxylation is 1. The normalized spacial score (nSPS) is 20.8. The van der Waals surface area contributed by atoms with Crippen molar-refractivity contribution in [2.24, 2.45) is 15.2 Å². The molecule has 0 radical (unpaired) electrons. The minimum atomic E-state index is -3.99. The molecular weight excluding hydrogens is 765 g/mol. The molecule has 0 bridgehead atoms. The fraction of sp³-hybridized carbons (Fsp3) is 0.447. The van der Waals surface area contributed by atoms with Crippen LogP contribution in [0.15, 0.2) is 106 Å². The van der Waals surface area contributed by atoms with E-state index in [1.807, 2.05) is 51.1 Å². The standard InChI is InChI=1S/C38H44N14O5S/c1-26-11-14-29(15-12-26)58(53,54)52(21-8-7-18-45-48-39)28(17-19-46-49-40)13-16-30-32-33(57-38(2,3)56-32)37(55-30)51-25-44-31-34(42-23-43-36(31)51)47-35(50-22-20-41-24-50)27-9-5-4-6-10-27/h4-6,9-12,14-15,20,22-25,28,30,32-33,37H,7-8,13,16-19,21H2,1-3H3/b47-35-/t28?,30-,32-,33-,37-/m1/s1. The van der Waals surface area contributed by atoms with Crippen molar-refractivity contribution in [3.8, 4) is 0 Å². The Morgan fingerprint density at radius 1 is 0.948 bits per heavy atom. The zero-order valence-electron chi connectivity index (χ0n) is 32.3. The summed E-state index contributed by atoms with van der Waals surface area (Å²) in [5, 5.41) is 7.37. The van der Waals surface area contributed by atoms with Crippen LogP contribution in [0.4, 0.5) is 5.82 Å². The van der Waals surface area contributed by atoms with Crippen molar-refractivity contribution in [2.75, 3.05) is 19.6 Å². The Labute approximate surface area is 335 Å². The molecule has 5 aromatic rings. The van der Waals surface area contributed by atoms with Crippen LogP contribution >= 0.6 is 0 Å². The number of imidazole rings is 2. The molecule has 19 nitrogen and oxygen atoms in total. The Morgan fingerprint density at radius 2 is 1.71 bits per heavy atom. The van der Waals surface area contributed by atoms with E-state index in [4.69, 9.17) is 35.2 Å². The summed E-state index contributed by atoms with van der Waals surface area (Å²) in [6.45, 7) is 6.08. The number of fused-ring (bicyclic) bond motifs is 2. The molecule has 0 saturated carbocycles. The smallest absolute Gasteiger partial charge is 0.243 e. The van der Waals surface area contributed by atoms with Crippen molar-refractivity contribution < 1.29 is 22.6 Å². The highest BCUT2D eigenvalue weighted by molar-refractivity contribution is 7.89. The summed E-state index contributed by atoms with van der Waals surface area (Å²) < 4.78 is 53.4. The summed E-state index contributed by atoms with van der Waals surface area (Å²) in [5.74, 6) is 0.0196. The van der Waals surface area contributed by atoms with Crippen molar-refractivity contribution in [1.29, 1.82) is 0 Å². The number of aliphatic imine (C=N–C) groups is 1. The van der Waals surface area contributed by atoms with Gasteiger partial charge in [0.25, 0.3) is 0 Å². The molecule has 58 heavy (non-hydrogen) atoms. The van der Waals surface area contributed by atoms with Crippen molar-refractivity contribution in [3.63, 3.8) is 0 Å². The van der Waals surface area contributed by atoms with E-state index < -0.39 is 46.4 Å². The number of rotatable bonds is 17. The Bertz CT molecular complexity index is 2410. The SMILES string of the molecule is Cc1ccc(S(=O)(=O)N(CCCCN=[N+]=[N-])C(CCN=[N+]=[N-])CC[C@H]2O[C@@H](n3cnc4c(/N=C(/c5ccccc5)n5ccnc5)ncnc43)[C@@H]3OC(C)(C)O[C@@H]32)cc1. The molecule has 5 heterocycles. The molecule has 20 heteroatoms. The summed E-state index contributed by atoms with van der Waals surface area (Å²) in [5.41, 5.74) is 20.6. The number of sulfonamides is 1. The number of aromatic nitrogens is 6. The highest BCUT2D eigenvalue weighted by atomic mass is 32.2. The van der Waals surface area contributed by atoms with E-state index in [0.29, 0.717) is 48.5 Å². The lowest BCUT2D eigenvalue weighted by Crippen LogP contribution is -2.42. The van der Waals surface area contributed by atoms with Crippen LogP contribution < -0.4 is 0 Å². The average molecular weight is 809 g/mol. The Morgan fingerprint density at radius 3 is 2.45 bits per heavy atom. The first-order valence-electron chi connectivity index (χ1n) is 19.0. The van der Waals surface area contributed by atoms with Gasteiger partial charge in [-0.2, -0.15) is 4.31 Å². The Kier molecular flexibility index (Phi) is 12.4. The maximum Gasteiger partial charge on any atom is 0.243 e. The highest BCUT2D eigenvalue weighted by Gasteiger charge is 2.56. The minimum absolute atomic E-state index is 0.0883. The van der Waals surface area contributed by atoms with Crippen molar-refractivity contribution in [1.82, 2.24) is 33.4 Å². The maximum absolute atomic E-state index is 14.3. The molecule has 0 spiro atoms. The fourth-order valence-electron chi connectivity index (χ4n) is 7.45. The molecule has 302 valence electrons. The second-order valence-corrected chi connectivity index (χ2v) is 16.4. The lowest BCUT2D eigenvalue weighted by molar-refractivity contribution is -0.197. The van der Waals surface area contributed by atoms with E-state index in [1.54, 1.807) is 58.4 Å². The molecule has 2 aliphatic heterocycles. The van der Waals surface area contributed by atoms with Gasteiger partial charge in [-0.3, -0.25) is 9.13 Å². The number of ether oxygens (including phenoxy) is 3. The summed E-state index contributed by atoms with van der Waals surface area (Å²) in [6.07, 6.45) is 7.89. The molecule has 2 fully saturated rings. The van der Waals surface area contributed by atoms with Gasteiger partial charge in [0.05, 0.1) is 17.3 Å². The van der Waals surface area contributed by atoms with E-state index in [9.17, 15) is 8.42 Å². The first-order chi connectivity index (χ1) is 28.1. The molecule has 0 amide bonds. The molecule has 7 rings (SSSR count). The molecule has 3 aromatic heterocycles. The molecule has 1 unspecified atom stereocenters. The van der Waals surface area contributed by atoms with Crippen molar-refractivity contribution >= 4 is 32.8 Å². The van der Waals surface area contributed by atoms with Gasteiger partial charge in [0.2, 0.25) is 10.0 Å². The zero-order chi connectivity index (χ0) is 40.7. The van der Waals surface area contributed by atoms with Crippen LogP contribution in [0.1, 0.15) is 63.3 Å². The second-order valence-electron chi connectivity index (χ2n) is 14.5. The summed E-state index contributed by atoms with van der Waals surface area (Å²) in [6, 6.07) is 15.8. The zero-order valence-corrected chi connectivity index (χ0v) is 33.2. The first-order valence-corrected chi connectivity index (χ1v) is 20.4. The monoisotopic (exact) mass is 808 g/mol. The van der Waals surface area contributed by atoms with Crippen molar-refractivity contribution in [2.45, 2.75) is 94.1 Å². The second kappa shape index (κ2) is 17.8. The largest absolute Gasteiger partial charge is 0.349 e. The molecule has 2 aromatic carbocycles. The van der Waals surface area contributed by atoms with Crippen LogP contribution in [0.3, 0.4) is 0 Å². The summed E-state index contributed by atoms with van der Waals surface area (Å²) in [4.78, 5) is 28.8. The number of nitrogens with zero attached hydrogens (tertiary/aromatic N) is 14. The van der Waals surface area contributed by atoms with Crippen LogP contribution in [-0.2, 0) is 24.2 Å². The van der Waals surface area contributed by atoms with Crippen LogP contribution in [-0.4, -0.2) is 97.4 Å². The number of hydrogen-bond acceptors (Lipinski definition) is 12. The highest BCUT2D eigenvalue weighted by Crippen LogP contribution is 2.45. The predicted molar refractivity (Wildman–Crippen MR) is 213 cm³/mol. The fourth-order valence-corrected chi connectivity index (χ4v) is 9.17. The van der Waals surface area contributed by atoms with Gasteiger partial charge in [0.15, 0.2) is 29.0 Å². The van der Waals surface area contributed by atoms with Crippen LogP contribution in [0, 0.1) is 6.92 Å². The van der Waals surface area contributed by atoms with E-state index in [1.165, 1.54) is 10.6 Å². The van der Waals surface area contributed by atoms with Crippen LogP contribution in [0.25, 0.3) is 32.0 Å². The third-order valence-corrected chi connectivity index (χ3v) is 12.1. The topological polar surface area (TPSA) is 236 Å². The lowest BCUT2D eigenvalue weighted by Gasteiger charge is -2.32. The number of unbranched alkanes of at least 4 members (excludes halogenated alkanes) is 1. The van der Waals surface area contributed by atoms with Crippen LogP contribution in [0.5, 0.6) is 0 Å². The predicted octanol–water partition coefficient (Wildman–Crippen LogP) is 7.01. The van der Waals surface area contributed by atoms with E-state index >= 15 is 0 Å². The molecule has 2 aliphatic rings. The Balaban J connectivity index is 1.18. The lowest BCUT2D eigenvalue weighted by atomic mass is 10.0. The third-order valence-electron chi connectivity index (χ3n) is 10.1. The van der Waals surface area contributed by atoms with Gasteiger partial charge >= 0.3 is 0 Å². The van der Waals surface area contributed by atoms with E-state index in [0.717, 1.165) is 11.1 Å². The van der Waals surface area contributed by atoms with E-state index in [2.05, 4.69) is 35.0 Å². The Hall–Kier alpha value is -5.72. The molecule has 0 N–H and O–H groups in total. The molecule has 5 atom stereocenters. The maximum atomic E-state index is 14.3. The summed E-state index contributed by atoms with van der Waals surface area (Å²) >= 11 is 0. The van der Waals surface area contributed by atoms with Gasteiger partial charge in [-0.05, 0) is 76.1 Å². The summed E-state index contributed by atoms with van der Waals surface area (Å²) in [7, 11) is -3.99. The van der Waals surface area contributed by atoms with Gasteiger partial charge in [-0.25, -0.2) is 33.3 Å². The van der Waals surface area contributed by atoms with Crippen molar-refractivity contribution in [3.05, 3.63) is 118 Å². The van der Waals surface area contributed by atoms with Gasteiger partial charge < -0.3 is 14.2 Å². The quantitative estimate of drug-likeness (QED) is 0.0234. The number of azide groups is 2. The van der Waals surface area contributed by atoms with Crippen LogP contribution in [0.2, 0.25) is 0 Å². The minimum Gasteiger partial charge on any atom is -0.349 e. The average Bonchev–Trinajstić information content (AvgIpc) is 4.02. The molecule has 0 aliphatic carbocycles. The van der Waals surface area contributed by atoms with Gasteiger partial charge in [0, 0.05) is 53.5 Å². The van der Waals surface area contributed by atoms with Gasteiger partial charge in [-0.15, -0.1) is 0 Å². The third kappa shape index (κ3) is 8.88. The first kappa shape index (κ1) is 40.5. The van der Waals surface area contributed by atoms with Gasteiger partial charge in [-0.1, -0.05) is 58.3 Å². The molecular formula is C38H44N14O5S. The number of benzene rings is 2. The number of hydrogen-bond donors (Lipinski definition) is 0. The van der Waals surface area contributed by atoms with Gasteiger partial charge in [0.1, 0.15) is 30.7 Å².